The summed E-state index contributed by atoms with van der Waals surface area (Å²) in [7, 11) is 0. The summed E-state index contributed by atoms with van der Waals surface area (Å²) < 4.78 is 13.4. The lowest BCUT2D eigenvalue weighted by Crippen LogP contribution is -2.02. The first-order valence-corrected chi connectivity index (χ1v) is 5.80. The van der Waals surface area contributed by atoms with Crippen molar-refractivity contribution >= 4 is 11.4 Å². The van der Waals surface area contributed by atoms with E-state index < -0.39 is 4.92 Å². The predicted molar refractivity (Wildman–Crippen MR) is 71.6 cm³/mol. The molecule has 0 atom stereocenters. The Balaban J connectivity index is 2.11. The average Bonchev–Trinajstić information content (AvgIpc) is 2.37. The Hall–Kier alpha value is -2.43. The van der Waals surface area contributed by atoms with E-state index in [4.69, 9.17) is 0 Å². The first kappa shape index (κ1) is 13.0. The van der Waals surface area contributed by atoms with Gasteiger partial charge in [-0.25, -0.2) is 4.39 Å². The number of nitro benzene ring substituents is 1. The fourth-order valence-electron chi connectivity index (χ4n) is 1.81. The average molecular weight is 260 g/mol. The number of rotatable bonds is 4. The Morgan fingerprint density at radius 3 is 2.63 bits per heavy atom. The highest BCUT2D eigenvalue weighted by molar-refractivity contribution is 5.53. The van der Waals surface area contributed by atoms with Gasteiger partial charge in [-0.1, -0.05) is 18.2 Å². The Bertz CT molecular complexity index is 614. The number of aryl methyl sites for hydroxylation is 1. The zero-order valence-electron chi connectivity index (χ0n) is 10.4. The first-order valence-electron chi connectivity index (χ1n) is 5.80. The van der Waals surface area contributed by atoms with E-state index in [9.17, 15) is 14.5 Å². The zero-order valence-corrected chi connectivity index (χ0v) is 10.4. The van der Waals surface area contributed by atoms with Gasteiger partial charge in [-0.05, 0) is 25.1 Å². The van der Waals surface area contributed by atoms with Gasteiger partial charge in [0.1, 0.15) is 5.82 Å². The molecular weight excluding hydrogens is 247 g/mol. The fraction of sp³-hybridized carbons (Fsp3) is 0.143. The maximum atomic E-state index is 13.4. The van der Waals surface area contributed by atoms with Gasteiger partial charge in [0.05, 0.1) is 4.92 Å². The molecule has 0 saturated carbocycles. The molecule has 0 aromatic heterocycles. The van der Waals surface area contributed by atoms with E-state index in [1.165, 1.54) is 12.1 Å². The normalized spacial score (nSPS) is 10.2. The molecular formula is C14H13FN2O2. The van der Waals surface area contributed by atoms with E-state index in [-0.39, 0.29) is 11.5 Å². The number of nitrogens with one attached hydrogen (secondary N) is 1. The van der Waals surface area contributed by atoms with Crippen molar-refractivity contribution in [2.24, 2.45) is 0 Å². The van der Waals surface area contributed by atoms with Crippen LogP contribution in [0.3, 0.4) is 0 Å². The highest BCUT2D eigenvalue weighted by Crippen LogP contribution is 2.22. The maximum Gasteiger partial charge on any atom is 0.272 e. The molecule has 0 amide bonds. The van der Waals surface area contributed by atoms with Crippen LogP contribution in [0.4, 0.5) is 15.8 Å². The Morgan fingerprint density at radius 2 is 2.00 bits per heavy atom. The van der Waals surface area contributed by atoms with Gasteiger partial charge in [-0.2, -0.15) is 0 Å². The van der Waals surface area contributed by atoms with Gasteiger partial charge in [-0.15, -0.1) is 0 Å². The number of halogens is 1. The second-order valence-corrected chi connectivity index (χ2v) is 4.20. The van der Waals surface area contributed by atoms with Gasteiger partial charge in [-0.3, -0.25) is 10.1 Å². The van der Waals surface area contributed by atoms with Gasteiger partial charge in [0.2, 0.25) is 0 Å². The molecule has 0 fully saturated rings. The van der Waals surface area contributed by atoms with Crippen LogP contribution in [-0.2, 0) is 6.54 Å². The molecule has 0 aliphatic heterocycles. The van der Waals surface area contributed by atoms with Crippen LogP contribution in [0.1, 0.15) is 11.1 Å². The van der Waals surface area contributed by atoms with Gasteiger partial charge in [0.15, 0.2) is 0 Å². The van der Waals surface area contributed by atoms with Crippen molar-refractivity contribution in [3.05, 3.63) is 69.5 Å². The molecule has 19 heavy (non-hydrogen) atoms. The van der Waals surface area contributed by atoms with Gasteiger partial charge in [0.25, 0.3) is 5.69 Å². The molecule has 0 aliphatic carbocycles. The van der Waals surface area contributed by atoms with Crippen molar-refractivity contribution in [1.82, 2.24) is 0 Å². The molecule has 4 nitrogen and oxygen atoms in total. The smallest absolute Gasteiger partial charge is 0.272 e. The molecule has 0 bridgehead atoms. The topological polar surface area (TPSA) is 55.2 Å². The molecule has 0 saturated heterocycles. The number of nitro groups is 1. The van der Waals surface area contributed by atoms with Crippen molar-refractivity contribution in [1.29, 1.82) is 0 Å². The van der Waals surface area contributed by atoms with Crippen molar-refractivity contribution in [2.45, 2.75) is 13.5 Å². The summed E-state index contributed by atoms with van der Waals surface area (Å²) in [5.74, 6) is -0.270. The Kier molecular flexibility index (Phi) is 3.75. The third kappa shape index (κ3) is 3.07. The molecule has 0 heterocycles. The lowest BCUT2D eigenvalue weighted by atomic mass is 10.1. The molecule has 2 rings (SSSR count). The van der Waals surface area contributed by atoms with Gasteiger partial charge < -0.3 is 5.32 Å². The lowest BCUT2D eigenvalue weighted by Gasteiger charge is -2.08. The molecule has 0 unspecified atom stereocenters. The number of anilines is 1. The monoisotopic (exact) mass is 260 g/mol. The van der Waals surface area contributed by atoms with E-state index in [0.29, 0.717) is 17.7 Å². The molecule has 1 N–H and O–H groups in total. The van der Waals surface area contributed by atoms with E-state index in [2.05, 4.69) is 5.32 Å². The first-order chi connectivity index (χ1) is 9.08. The molecule has 5 heteroatoms. The van der Waals surface area contributed by atoms with Crippen molar-refractivity contribution in [3.63, 3.8) is 0 Å². The summed E-state index contributed by atoms with van der Waals surface area (Å²) in [6.07, 6.45) is 0. The SMILES string of the molecule is Cc1cc(NCc2ccccc2F)ccc1[N+](=O)[O-]. The number of benzene rings is 2. The fourth-order valence-corrected chi connectivity index (χ4v) is 1.81. The van der Waals surface area contributed by atoms with E-state index >= 15 is 0 Å². The van der Waals surface area contributed by atoms with Crippen LogP contribution < -0.4 is 5.32 Å². The zero-order chi connectivity index (χ0) is 13.8. The van der Waals surface area contributed by atoms with Crippen LogP contribution in [0.15, 0.2) is 42.5 Å². The largest absolute Gasteiger partial charge is 0.381 e. The minimum atomic E-state index is -0.421. The van der Waals surface area contributed by atoms with Gasteiger partial charge >= 0.3 is 0 Å². The molecule has 2 aromatic carbocycles. The molecule has 0 aliphatic rings. The van der Waals surface area contributed by atoms with Crippen LogP contribution in [0.5, 0.6) is 0 Å². The highest BCUT2D eigenvalue weighted by Gasteiger charge is 2.10. The van der Waals surface area contributed by atoms with Crippen LogP contribution >= 0.6 is 0 Å². The van der Waals surface area contributed by atoms with E-state index in [0.717, 1.165) is 5.69 Å². The van der Waals surface area contributed by atoms with E-state index in [1.807, 2.05) is 0 Å². The maximum absolute atomic E-state index is 13.4. The quantitative estimate of drug-likeness (QED) is 0.674. The summed E-state index contributed by atoms with van der Waals surface area (Å²) in [6.45, 7) is 2.01. The second-order valence-electron chi connectivity index (χ2n) is 4.20. The second kappa shape index (κ2) is 5.48. The van der Waals surface area contributed by atoms with Crippen LogP contribution in [0.25, 0.3) is 0 Å². The highest BCUT2D eigenvalue weighted by atomic mass is 19.1. The summed E-state index contributed by atoms with van der Waals surface area (Å²) in [5.41, 5.74) is 1.94. The standard InChI is InChI=1S/C14H13FN2O2/c1-10-8-12(6-7-14(10)17(18)19)16-9-11-4-2-3-5-13(11)15/h2-8,16H,9H2,1H3. The third-order valence-corrected chi connectivity index (χ3v) is 2.83. The summed E-state index contributed by atoms with van der Waals surface area (Å²) in [5, 5.41) is 13.7. The Labute approximate surface area is 110 Å². The molecule has 2 aromatic rings. The van der Waals surface area contributed by atoms with Gasteiger partial charge in [0, 0.05) is 29.4 Å². The molecule has 0 radical (unpaired) electrons. The number of hydrogen-bond donors (Lipinski definition) is 1. The molecule has 0 spiro atoms. The minimum Gasteiger partial charge on any atom is -0.381 e. The lowest BCUT2D eigenvalue weighted by molar-refractivity contribution is -0.385. The van der Waals surface area contributed by atoms with Crippen molar-refractivity contribution in [3.8, 4) is 0 Å². The molecule has 98 valence electrons. The minimum absolute atomic E-state index is 0.0800. The van der Waals surface area contributed by atoms with Crippen LogP contribution in [-0.4, -0.2) is 4.92 Å². The van der Waals surface area contributed by atoms with Crippen molar-refractivity contribution in [2.75, 3.05) is 5.32 Å². The predicted octanol–water partition coefficient (Wildman–Crippen LogP) is 3.65. The van der Waals surface area contributed by atoms with Crippen LogP contribution in [0.2, 0.25) is 0 Å². The van der Waals surface area contributed by atoms with Crippen molar-refractivity contribution < 1.29 is 9.31 Å². The van der Waals surface area contributed by atoms with Crippen LogP contribution in [0, 0.1) is 22.9 Å². The van der Waals surface area contributed by atoms with E-state index in [1.54, 1.807) is 37.3 Å². The Morgan fingerprint density at radius 1 is 1.26 bits per heavy atom. The summed E-state index contributed by atoms with van der Waals surface area (Å²) >= 11 is 0. The number of nitrogens with zero attached hydrogens (tertiary/aromatic N) is 1. The third-order valence-electron chi connectivity index (χ3n) is 2.83. The summed E-state index contributed by atoms with van der Waals surface area (Å²) in [6, 6.07) is 11.2. The summed E-state index contributed by atoms with van der Waals surface area (Å²) in [4.78, 5) is 10.3. The number of hydrogen-bond acceptors (Lipinski definition) is 3.